The van der Waals surface area contributed by atoms with Crippen LogP contribution in [0.5, 0.6) is 5.75 Å². The van der Waals surface area contributed by atoms with Gasteiger partial charge in [0.15, 0.2) is 0 Å². The first kappa shape index (κ1) is 18.9. The van der Waals surface area contributed by atoms with Gasteiger partial charge in [0.1, 0.15) is 5.75 Å². The van der Waals surface area contributed by atoms with Crippen LogP contribution in [0, 0.1) is 0 Å². The van der Waals surface area contributed by atoms with Crippen molar-refractivity contribution >= 4 is 5.91 Å². The molecule has 9 nitrogen and oxygen atoms in total. The summed E-state index contributed by atoms with van der Waals surface area (Å²) in [5.74, 6) is 1.76. The first-order valence-electron chi connectivity index (χ1n) is 9.30. The van der Waals surface area contributed by atoms with Gasteiger partial charge in [-0.2, -0.15) is 4.98 Å². The molecule has 3 heterocycles. The number of methoxy groups -OCH3 is 1. The second-order valence-corrected chi connectivity index (χ2v) is 6.75. The van der Waals surface area contributed by atoms with Gasteiger partial charge in [-0.25, -0.2) is 0 Å². The van der Waals surface area contributed by atoms with Crippen molar-refractivity contribution in [3.63, 3.8) is 0 Å². The summed E-state index contributed by atoms with van der Waals surface area (Å²) in [7, 11) is 1.62. The van der Waals surface area contributed by atoms with Crippen LogP contribution < -0.4 is 10.3 Å². The Morgan fingerprint density at radius 2 is 1.90 bits per heavy atom. The smallest absolute Gasteiger partial charge is 0.255 e. The van der Waals surface area contributed by atoms with E-state index >= 15 is 0 Å². The van der Waals surface area contributed by atoms with Gasteiger partial charge in [0, 0.05) is 44.0 Å². The van der Waals surface area contributed by atoms with E-state index in [1.165, 1.54) is 12.3 Å². The average molecular weight is 395 g/mol. The van der Waals surface area contributed by atoms with E-state index in [9.17, 15) is 9.59 Å². The summed E-state index contributed by atoms with van der Waals surface area (Å²) >= 11 is 0. The molecule has 1 N–H and O–H groups in total. The number of hydrogen-bond donors (Lipinski definition) is 1. The minimum atomic E-state index is -0.222. The number of pyridine rings is 1. The zero-order chi connectivity index (χ0) is 20.2. The maximum Gasteiger partial charge on any atom is 0.255 e. The summed E-state index contributed by atoms with van der Waals surface area (Å²) in [5, 5.41) is 4.05. The third-order valence-corrected chi connectivity index (χ3v) is 4.87. The second-order valence-electron chi connectivity index (χ2n) is 6.75. The van der Waals surface area contributed by atoms with Gasteiger partial charge < -0.3 is 19.1 Å². The van der Waals surface area contributed by atoms with Crippen LogP contribution in [-0.4, -0.2) is 64.1 Å². The van der Waals surface area contributed by atoms with Crippen LogP contribution in [0.3, 0.4) is 0 Å². The van der Waals surface area contributed by atoms with E-state index in [2.05, 4.69) is 20.0 Å². The fourth-order valence-electron chi connectivity index (χ4n) is 3.20. The average Bonchev–Trinajstić information content (AvgIpc) is 3.23. The second kappa shape index (κ2) is 8.27. The van der Waals surface area contributed by atoms with E-state index in [1.54, 1.807) is 18.1 Å². The fourth-order valence-corrected chi connectivity index (χ4v) is 3.20. The molecule has 3 aromatic rings. The van der Waals surface area contributed by atoms with E-state index < -0.39 is 0 Å². The maximum atomic E-state index is 12.5. The number of piperazine rings is 1. The van der Waals surface area contributed by atoms with Crippen LogP contribution in [0.4, 0.5) is 0 Å². The van der Waals surface area contributed by atoms with Crippen LogP contribution >= 0.6 is 0 Å². The molecular weight excluding hydrogens is 374 g/mol. The Balaban J connectivity index is 1.33. The highest BCUT2D eigenvalue weighted by Gasteiger charge is 2.23. The number of benzene rings is 1. The van der Waals surface area contributed by atoms with Crippen molar-refractivity contribution in [1.29, 1.82) is 0 Å². The molecule has 2 aromatic heterocycles. The lowest BCUT2D eigenvalue weighted by Gasteiger charge is -2.33. The van der Waals surface area contributed by atoms with Crippen LogP contribution in [0.15, 0.2) is 51.9 Å². The van der Waals surface area contributed by atoms with Gasteiger partial charge in [-0.15, -0.1) is 0 Å². The summed E-state index contributed by atoms with van der Waals surface area (Å²) in [5.41, 5.74) is 1.12. The number of hydrogen-bond acceptors (Lipinski definition) is 7. The summed E-state index contributed by atoms with van der Waals surface area (Å²) in [4.78, 5) is 34.6. The first-order valence-corrected chi connectivity index (χ1v) is 9.30. The van der Waals surface area contributed by atoms with Crippen LogP contribution in [-0.2, 0) is 6.54 Å². The van der Waals surface area contributed by atoms with Crippen molar-refractivity contribution in [1.82, 2.24) is 24.9 Å². The van der Waals surface area contributed by atoms with Gasteiger partial charge in [-0.3, -0.25) is 14.5 Å². The van der Waals surface area contributed by atoms with E-state index in [0.29, 0.717) is 50.0 Å². The normalized spacial score (nSPS) is 14.7. The third-order valence-electron chi connectivity index (χ3n) is 4.87. The predicted octanol–water partition coefficient (Wildman–Crippen LogP) is 1.39. The lowest BCUT2D eigenvalue weighted by atomic mass is 10.2. The zero-order valence-corrected chi connectivity index (χ0v) is 16.0. The summed E-state index contributed by atoms with van der Waals surface area (Å²) in [6.07, 6.45) is 1.45. The fraction of sp³-hybridized carbons (Fsp3) is 0.300. The van der Waals surface area contributed by atoms with Gasteiger partial charge in [0.2, 0.25) is 17.3 Å². The minimum absolute atomic E-state index is 0.0829. The molecule has 1 amide bonds. The molecule has 1 aromatic carbocycles. The Morgan fingerprint density at radius 1 is 1.14 bits per heavy atom. The highest BCUT2D eigenvalue weighted by Crippen LogP contribution is 2.20. The molecule has 0 aliphatic carbocycles. The molecule has 1 fully saturated rings. The molecule has 150 valence electrons. The van der Waals surface area contributed by atoms with E-state index in [1.807, 2.05) is 24.3 Å². The topological polar surface area (TPSA) is 105 Å². The number of rotatable bonds is 5. The molecule has 0 saturated carbocycles. The molecule has 4 rings (SSSR count). The maximum absolute atomic E-state index is 12.5. The number of amides is 1. The number of carbonyl (C=O) groups is 1. The first-order chi connectivity index (χ1) is 14.1. The Morgan fingerprint density at radius 3 is 2.55 bits per heavy atom. The van der Waals surface area contributed by atoms with Gasteiger partial charge in [0.05, 0.1) is 19.2 Å². The molecule has 0 radical (unpaired) electrons. The Kier molecular flexibility index (Phi) is 5.39. The number of aromatic nitrogens is 3. The lowest BCUT2D eigenvalue weighted by molar-refractivity contribution is 0.0614. The molecule has 0 spiro atoms. The minimum Gasteiger partial charge on any atom is -0.497 e. The molecular formula is C20H21N5O4. The van der Waals surface area contributed by atoms with E-state index in [4.69, 9.17) is 9.26 Å². The van der Waals surface area contributed by atoms with Crippen LogP contribution in [0.1, 0.15) is 16.2 Å². The number of nitrogens with zero attached hydrogens (tertiary/aromatic N) is 4. The summed E-state index contributed by atoms with van der Waals surface area (Å²) < 4.78 is 10.5. The predicted molar refractivity (Wildman–Crippen MR) is 105 cm³/mol. The zero-order valence-electron chi connectivity index (χ0n) is 16.0. The van der Waals surface area contributed by atoms with Crippen LogP contribution in [0.2, 0.25) is 0 Å². The van der Waals surface area contributed by atoms with Crippen molar-refractivity contribution < 1.29 is 14.1 Å². The molecule has 9 heteroatoms. The molecule has 1 aliphatic rings. The Hall–Kier alpha value is -3.46. The third kappa shape index (κ3) is 4.35. The largest absolute Gasteiger partial charge is 0.497 e. The van der Waals surface area contributed by atoms with Crippen molar-refractivity contribution in [2.24, 2.45) is 0 Å². The highest BCUT2D eigenvalue weighted by molar-refractivity contribution is 5.93. The molecule has 1 aliphatic heterocycles. The quantitative estimate of drug-likeness (QED) is 0.696. The van der Waals surface area contributed by atoms with E-state index in [0.717, 1.165) is 11.3 Å². The molecule has 0 unspecified atom stereocenters. The Bertz CT molecular complexity index is 1020. The van der Waals surface area contributed by atoms with Crippen molar-refractivity contribution in [2.75, 3.05) is 33.3 Å². The van der Waals surface area contributed by atoms with Gasteiger partial charge >= 0.3 is 0 Å². The number of aromatic amines is 1. The lowest BCUT2D eigenvalue weighted by Crippen LogP contribution is -2.48. The molecule has 29 heavy (non-hydrogen) atoms. The summed E-state index contributed by atoms with van der Waals surface area (Å²) in [6, 6.07) is 10.4. The van der Waals surface area contributed by atoms with Gasteiger partial charge in [-0.1, -0.05) is 5.16 Å². The number of ether oxygens (including phenoxy) is 1. The van der Waals surface area contributed by atoms with Gasteiger partial charge in [-0.05, 0) is 30.3 Å². The standard InChI is InChI=1S/C20H21N5O4/c1-28-16-5-2-14(3-6-16)19-22-18(29-23-19)13-24-8-10-25(11-9-24)20(27)15-4-7-17(26)21-12-15/h2-7,12H,8-11,13H2,1H3,(H,21,26). The number of H-pyrrole nitrogens is 1. The molecule has 1 saturated heterocycles. The van der Waals surface area contributed by atoms with Crippen molar-refractivity contribution in [2.45, 2.75) is 6.54 Å². The monoisotopic (exact) mass is 395 g/mol. The SMILES string of the molecule is COc1ccc(-c2noc(CN3CCN(C(=O)c4ccc(=O)[nH]c4)CC3)n2)cc1. The van der Waals surface area contributed by atoms with E-state index in [-0.39, 0.29) is 11.5 Å². The highest BCUT2D eigenvalue weighted by atomic mass is 16.5. The molecule has 0 atom stereocenters. The molecule has 0 bridgehead atoms. The number of nitrogens with one attached hydrogen (secondary N) is 1. The number of carbonyl (C=O) groups excluding carboxylic acids is 1. The Labute approximate surface area is 166 Å². The van der Waals surface area contributed by atoms with Crippen molar-refractivity contribution in [3.8, 4) is 17.1 Å². The van der Waals surface area contributed by atoms with Crippen LogP contribution in [0.25, 0.3) is 11.4 Å². The summed E-state index contributed by atoms with van der Waals surface area (Å²) in [6.45, 7) is 3.13. The van der Waals surface area contributed by atoms with Crippen molar-refractivity contribution in [3.05, 3.63) is 64.4 Å². The van der Waals surface area contributed by atoms with Gasteiger partial charge in [0.25, 0.3) is 5.91 Å².